The smallest absolute Gasteiger partial charge is 0.148 e. The molecular formula is C7H9O2P. The van der Waals surface area contributed by atoms with E-state index in [1.807, 2.05) is 12.2 Å². The van der Waals surface area contributed by atoms with Crippen molar-refractivity contribution < 1.29 is 9.47 Å². The van der Waals surface area contributed by atoms with Crippen LogP contribution >= 0.6 is 9.24 Å². The van der Waals surface area contributed by atoms with Gasteiger partial charge in [-0.25, -0.2) is 0 Å². The first kappa shape index (κ1) is 6.53. The molecule has 0 N–H and O–H groups in total. The standard InChI is InChI=1S/C7H9O2P/c10-5-1-2-6-7(3-5)9-4-8-6/h1-3,6-7H,4,10H2. The largest absolute Gasteiger partial charge is 0.345 e. The summed E-state index contributed by atoms with van der Waals surface area (Å²) in [7, 11) is 2.64. The molecule has 0 bridgehead atoms. The molecule has 2 rings (SSSR count). The summed E-state index contributed by atoms with van der Waals surface area (Å²) < 4.78 is 10.5. The topological polar surface area (TPSA) is 18.5 Å². The van der Waals surface area contributed by atoms with E-state index in [1.54, 1.807) is 0 Å². The fourth-order valence-corrected chi connectivity index (χ4v) is 1.45. The van der Waals surface area contributed by atoms with Gasteiger partial charge in [0.05, 0.1) is 0 Å². The molecule has 2 nitrogen and oxygen atoms in total. The number of hydrogen-bond donors (Lipinski definition) is 0. The molecule has 1 aliphatic heterocycles. The average molecular weight is 156 g/mol. The zero-order valence-electron chi connectivity index (χ0n) is 5.49. The van der Waals surface area contributed by atoms with E-state index in [4.69, 9.17) is 9.47 Å². The number of hydrogen-bond acceptors (Lipinski definition) is 2. The van der Waals surface area contributed by atoms with E-state index >= 15 is 0 Å². The third-order valence-electron chi connectivity index (χ3n) is 1.68. The van der Waals surface area contributed by atoms with Crippen molar-refractivity contribution >= 4 is 9.24 Å². The van der Waals surface area contributed by atoms with Crippen LogP contribution in [0, 0.1) is 0 Å². The molecule has 3 heteroatoms. The van der Waals surface area contributed by atoms with Gasteiger partial charge in [-0.15, -0.1) is 9.24 Å². The van der Waals surface area contributed by atoms with Gasteiger partial charge in [0.25, 0.3) is 0 Å². The third-order valence-corrected chi connectivity index (χ3v) is 2.06. The first-order valence-corrected chi connectivity index (χ1v) is 3.83. The van der Waals surface area contributed by atoms with Gasteiger partial charge in [-0.2, -0.15) is 0 Å². The van der Waals surface area contributed by atoms with Crippen molar-refractivity contribution in [1.29, 1.82) is 0 Å². The monoisotopic (exact) mass is 156 g/mol. The average Bonchev–Trinajstić information content (AvgIpc) is 2.33. The molecule has 0 amide bonds. The Morgan fingerprint density at radius 3 is 3.10 bits per heavy atom. The van der Waals surface area contributed by atoms with Crippen LogP contribution in [0.4, 0.5) is 0 Å². The lowest BCUT2D eigenvalue weighted by Crippen LogP contribution is -2.19. The molecule has 1 fully saturated rings. The molecule has 10 heavy (non-hydrogen) atoms. The third kappa shape index (κ3) is 1.03. The van der Waals surface area contributed by atoms with Crippen molar-refractivity contribution in [3.05, 3.63) is 23.5 Å². The van der Waals surface area contributed by atoms with Gasteiger partial charge in [0.15, 0.2) is 0 Å². The molecule has 1 aliphatic carbocycles. The van der Waals surface area contributed by atoms with Gasteiger partial charge in [0.1, 0.15) is 19.0 Å². The molecule has 0 aromatic carbocycles. The Bertz CT molecular complexity index is 198. The first-order chi connectivity index (χ1) is 4.86. The Morgan fingerprint density at radius 1 is 1.40 bits per heavy atom. The van der Waals surface area contributed by atoms with Crippen molar-refractivity contribution in [3.8, 4) is 0 Å². The lowest BCUT2D eigenvalue weighted by atomic mass is 10.1. The maximum absolute atomic E-state index is 5.26. The maximum Gasteiger partial charge on any atom is 0.148 e. The molecule has 0 aromatic rings. The Hall–Kier alpha value is -0.170. The lowest BCUT2D eigenvalue weighted by molar-refractivity contribution is 0.0503. The zero-order valence-corrected chi connectivity index (χ0v) is 6.64. The molecule has 2 aliphatic rings. The number of fused-ring (bicyclic) bond motifs is 1. The van der Waals surface area contributed by atoms with Gasteiger partial charge in [-0.05, 0) is 11.4 Å². The van der Waals surface area contributed by atoms with E-state index in [0.29, 0.717) is 6.79 Å². The van der Waals surface area contributed by atoms with E-state index in [1.165, 1.54) is 5.31 Å². The predicted octanol–water partition coefficient (Wildman–Crippen LogP) is 1.06. The van der Waals surface area contributed by atoms with Crippen LogP contribution in [0.5, 0.6) is 0 Å². The highest BCUT2D eigenvalue weighted by Gasteiger charge is 2.26. The maximum atomic E-state index is 5.26. The van der Waals surface area contributed by atoms with Crippen LogP contribution in [0.15, 0.2) is 23.5 Å². The SMILES string of the molecule is PC1=CC2OCOC2C=C1. The van der Waals surface area contributed by atoms with Gasteiger partial charge in [-0.3, -0.25) is 0 Å². The zero-order chi connectivity index (χ0) is 6.97. The summed E-state index contributed by atoms with van der Waals surface area (Å²) in [4.78, 5) is 0. The second-order valence-corrected chi connectivity index (χ2v) is 3.07. The summed E-state index contributed by atoms with van der Waals surface area (Å²) in [6.45, 7) is 0.425. The molecule has 0 aromatic heterocycles. The molecule has 0 radical (unpaired) electrons. The normalized spacial score (nSPS) is 37.5. The lowest BCUT2D eigenvalue weighted by Gasteiger charge is -2.13. The van der Waals surface area contributed by atoms with Crippen LogP contribution in [0.25, 0.3) is 0 Å². The van der Waals surface area contributed by atoms with Crippen LogP contribution in [0.3, 0.4) is 0 Å². The Labute approximate surface area is 62.1 Å². The van der Waals surface area contributed by atoms with E-state index in [9.17, 15) is 0 Å². The summed E-state index contributed by atoms with van der Waals surface area (Å²) in [6.07, 6.45) is 6.42. The predicted molar refractivity (Wildman–Crippen MR) is 41.5 cm³/mol. The number of ether oxygens (including phenoxy) is 2. The molecule has 1 saturated heterocycles. The Morgan fingerprint density at radius 2 is 2.20 bits per heavy atom. The van der Waals surface area contributed by atoms with E-state index in [2.05, 4.69) is 15.3 Å². The Balaban J connectivity index is 2.20. The first-order valence-electron chi connectivity index (χ1n) is 3.25. The molecule has 3 unspecified atom stereocenters. The summed E-state index contributed by atoms with van der Waals surface area (Å²) in [6, 6.07) is 0. The van der Waals surface area contributed by atoms with Crippen molar-refractivity contribution in [2.45, 2.75) is 12.2 Å². The van der Waals surface area contributed by atoms with Crippen LogP contribution in [-0.2, 0) is 9.47 Å². The summed E-state index contributed by atoms with van der Waals surface area (Å²) in [5, 5.41) is 1.17. The van der Waals surface area contributed by atoms with Gasteiger partial charge in [0, 0.05) is 0 Å². The fraction of sp³-hybridized carbons (Fsp3) is 0.429. The molecule has 54 valence electrons. The minimum absolute atomic E-state index is 0.150. The van der Waals surface area contributed by atoms with Crippen LogP contribution in [0.1, 0.15) is 0 Å². The van der Waals surface area contributed by atoms with Crippen molar-refractivity contribution in [2.75, 3.05) is 6.79 Å². The van der Waals surface area contributed by atoms with Crippen LogP contribution < -0.4 is 0 Å². The highest BCUT2D eigenvalue weighted by Crippen LogP contribution is 2.24. The molecule has 0 saturated carbocycles. The number of rotatable bonds is 0. The quantitative estimate of drug-likeness (QED) is 0.488. The van der Waals surface area contributed by atoms with Crippen molar-refractivity contribution in [3.63, 3.8) is 0 Å². The molecule has 3 atom stereocenters. The summed E-state index contributed by atoms with van der Waals surface area (Å²) in [5.74, 6) is 0. The van der Waals surface area contributed by atoms with E-state index in [-0.39, 0.29) is 12.2 Å². The van der Waals surface area contributed by atoms with Gasteiger partial charge < -0.3 is 9.47 Å². The van der Waals surface area contributed by atoms with Gasteiger partial charge in [0.2, 0.25) is 0 Å². The highest BCUT2D eigenvalue weighted by atomic mass is 31.0. The molecule has 0 spiro atoms. The van der Waals surface area contributed by atoms with E-state index < -0.39 is 0 Å². The summed E-state index contributed by atoms with van der Waals surface area (Å²) >= 11 is 0. The summed E-state index contributed by atoms with van der Waals surface area (Å²) in [5.41, 5.74) is 0. The van der Waals surface area contributed by atoms with Gasteiger partial charge in [-0.1, -0.05) is 12.2 Å². The second-order valence-electron chi connectivity index (χ2n) is 2.41. The number of allylic oxidation sites excluding steroid dienone is 2. The van der Waals surface area contributed by atoms with Crippen molar-refractivity contribution in [2.24, 2.45) is 0 Å². The van der Waals surface area contributed by atoms with Crippen LogP contribution in [-0.4, -0.2) is 19.0 Å². The Kier molecular flexibility index (Phi) is 1.61. The fourth-order valence-electron chi connectivity index (χ4n) is 1.15. The molecular weight excluding hydrogens is 147 g/mol. The minimum atomic E-state index is 0.150. The second kappa shape index (κ2) is 2.46. The van der Waals surface area contributed by atoms with Gasteiger partial charge >= 0.3 is 0 Å². The van der Waals surface area contributed by atoms with E-state index in [0.717, 1.165) is 0 Å². The van der Waals surface area contributed by atoms with Crippen LogP contribution in [0.2, 0.25) is 0 Å². The van der Waals surface area contributed by atoms with Crippen molar-refractivity contribution in [1.82, 2.24) is 0 Å². The molecule has 1 heterocycles. The highest BCUT2D eigenvalue weighted by molar-refractivity contribution is 7.22. The minimum Gasteiger partial charge on any atom is -0.345 e.